The molecule has 5 heteroatoms. The summed E-state index contributed by atoms with van der Waals surface area (Å²) in [6, 6.07) is 16.2. The van der Waals surface area contributed by atoms with E-state index in [1.54, 1.807) is 7.11 Å². The van der Waals surface area contributed by atoms with Crippen molar-refractivity contribution in [3.05, 3.63) is 65.5 Å². The van der Waals surface area contributed by atoms with E-state index in [-0.39, 0.29) is 0 Å². The highest BCUT2D eigenvalue weighted by Crippen LogP contribution is 2.26. The molecule has 1 fully saturated rings. The van der Waals surface area contributed by atoms with Crippen LogP contribution in [-0.4, -0.2) is 31.8 Å². The molecule has 1 saturated heterocycles. The van der Waals surface area contributed by atoms with Crippen LogP contribution in [0.25, 0.3) is 11.5 Å². The average Bonchev–Trinajstić information content (AvgIpc) is 3.34. The van der Waals surface area contributed by atoms with Crippen LogP contribution >= 0.6 is 0 Å². The third-order valence-electron chi connectivity index (χ3n) is 5.92. The summed E-state index contributed by atoms with van der Waals surface area (Å²) in [6.45, 7) is 7.09. The van der Waals surface area contributed by atoms with Gasteiger partial charge in [0, 0.05) is 12.0 Å². The van der Waals surface area contributed by atoms with E-state index in [9.17, 15) is 0 Å². The van der Waals surface area contributed by atoms with Gasteiger partial charge in [-0.1, -0.05) is 25.1 Å². The number of aromatic nitrogens is 1. The van der Waals surface area contributed by atoms with Gasteiger partial charge in [-0.3, -0.25) is 0 Å². The molecule has 0 aliphatic carbocycles. The number of nitrogens with one attached hydrogen (secondary N) is 1. The molecule has 158 valence electrons. The minimum atomic E-state index is 0.563. The topological polar surface area (TPSA) is 56.5 Å². The summed E-state index contributed by atoms with van der Waals surface area (Å²) in [5.74, 6) is 4.59. The van der Waals surface area contributed by atoms with Gasteiger partial charge in [0.1, 0.15) is 17.3 Å². The molecule has 0 spiro atoms. The molecule has 1 aliphatic rings. The first kappa shape index (κ1) is 20.5. The normalized spacial score (nSPS) is 18.5. The molecule has 0 saturated carbocycles. The zero-order valence-electron chi connectivity index (χ0n) is 18.0. The molecular weight excluding hydrogens is 376 g/mol. The van der Waals surface area contributed by atoms with Gasteiger partial charge in [0.2, 0.25) is 5.89 Å². The fourth-order valence-electron chi connectivity index (χ4n) is 3.97. The lowest BCUT2D eigenvalue weighted by atomic mass is 9.91. The number of nitrogens with zero attached hydrogens (tertiary/aromatic N) is 1. The van der Waals surface area contributed by atoms with Gasteiger partial charge in [0.25, 0.3) is 0 Å². The van der Waals surface area contributed by atoms with Crippen LogP contribution in [0.4, 0.5) is 0 Å². The number of methoxy groups -OCH3 is 1. The van der Waals surface area contributed by atoms with E-state index in [1.807, 2.05) is 31.2 Å². The Balaban J connectivity index is 1.31. The first-order chi connectivity index (χ1) is 14.6. The number of oxazole rings is 1. The van der Waals surface area contributed by atoms with E-state index in [4.69, 9.17) is 13.9 Å². The van der Waals surface area contributed by atoms with E-state index in [0.717, 1.165) is 59.9 Å². The van der Waals surface area contributed by atoms with Crippen molar-refractivity contribution in [2.45, 2.75) is 26.7 Å². The minimum Gasteiger partial charge on any atom is -0.497 e. The number of hydrogen-bond acceptors (Lipinski definition) is 5. The number of ether oxygens (including phenoxy) is 2. The molecule has 3 aromatic rings. The maximum Gasteiger partial charge on any atom is 0.226 e. The van der Waals surface area contributed by atoms with E-state index in [0.29, 0.717) is 18.9 Å². The van der Waals surface area contributed by atoms with Crippen LogP contribution < -0.4 is 14.8 Å². The maximum absolute atomic E-state index is 5.95. The highest BCUT2D eigenvalue weighted by atomic mass is 16.5. The lowest BCUT2D eigenvalue weighted by Gasteiger charge is -2.14. The molecule has 1 aliphatic heterocycles. The van der Waals surface area contributed by atoms with Gasteiger partial charge in [-0.25, -0.2) is 4.98 Å². The number of rotatable bonds is 8. The minimum absolute atomic E-state index is 0.563. The smallest absolute Gasteiger partial charge is 0.226 e. The lowest BCUT2D eigenvalue weighted by molar-refractivity contribution is 0.319. The summed E-state index contributed by atoms with van der Waals surface area (Å²) in [4.78, 5) is 4.66. The number of hydrogen-bond donors (Lipinski definition) is 1. The molecule has 5 nitrogen and oxygen atoms in total. The Kier molecular flexibility index (Phi) is 6.38. The summed E-state index contributed by atoms with van der Waals surface area (Å²) in [6.07, 6.45) is 1.83. The van der Waals surface area contributed by atoms with Crippen LogP contribution in [0.5, 0.6) is 11.5 Å². The second-order valence-corrected chi connectivity index (χ2v) is 8.10. The summed E-state index contributed by atoms with van der Waals surface area (Å²) in [7, 11) is 1.65. The van der Waals surface area contributed by atoms with Crippen LogP contribution in [0.2, 0.25) is 0 Å². The maximum atomic E-state index is 5.95. The highest BCUT2D eigenvalue weighted by Gasteiger charge is 2.22. The lowest BCUT2D eigenvalue weighted by Crippen LogP contribution is -2.12. The van der Waals surface area contributed by atoms with Gasteiger partial charge in [0.15, 0.2) is 0 Å². The van der Waals surface area contributed by atoms with Crippen LogP contribution in [0.3, 0.4) is 0 Å². The van der Waals surface area contributed by atoms with Crippen LogP contribution in [0.15, 0.2) is 52.9 Å². The Morgan fingerprint density at radius 3 is 2.67 bits per heavy atom. The molecule has 0 amide bonds. The van der Waals surface area contributed by atoms with Crippen molar-refractivity contribution < 1.29 is 13.9 Å². The summed E-state index contributed by atoms with van der Waals surface area (Å²) in [5, 5.41) is 3.47. The molecule has 0 radical (unpaired) electrons. The monoisotopic (exact) mass is 406 g/mol. The van der Waals surface area contributed by atoms with Crippen LogP contribution in [0.1, 0.15) is 23.9 Å². The predicted octanol–water partition coefficient (Wildman–Crippen LogP) is 4.68. The Morgan fingerprint density at radius 2 is 1.93 bits per heavy atom. The number of aryl methyl sites for hydroxylation is 1. The van der Waals surface area contributed by atoms with E-state index in [1.165, 1.54) is 5.56 Å². The van der Waals surface area contributed by atoms with Crippen molar-refractivity contribution in [3.8, 4) is 23.0 Å². The molecule has 0 unspecified atom stereocenters. The van der Waals surface area contributed by atoms with Crippen LogP contribution in [-0.2, 0) is 12.8 Å². The molecule has 30 heavy (non-hydrogen) atoms. The second kappa shape index (κ2) is 9.35. The molecule has 4 rings (SSSR count). The third-order valence-corrected chi connectivity index (χ3v) is 5.92. The zero-order chi connectivity index (χ0) is 20.9. The Hall–Kier alpha value is -2.79. The Labute approximate surface area is 178 Å². The first-order valence-electron chi connectivity index (χ1n) is 10.7. The largest absolute Gasteiger partial charge is 0.497 e. The van der Waals surface area contributed by atoms with E-state index >= 15 is 0 Å². The fourth-order valence-corrected chi connectivity index (χ4v) is 3.97. The van der Waals surface area contributed by atoms with Crippen molar-refractivity contribution in [2.75, 3.05) is 26.8 Å². The molecule has 2 aromatic carbocycles. The molecular formula is C25H30N2O3. The van der Waals surface area contributed by atoms with Gasteiger partial charge < -0.3 is 19.2 Å². The molecule has 0 bridgehead atoms. The van der Waals surface area contributed by atoms with Gasteiger partial charge in [-0.2, -0.15) is 0 Å². The Morgan fingerprint density at radius 1 is 1.10 bits per heavy atom. The second-order valence-electron chi connectivity index (χ2n) is 8.10. The predicted molar refractivity (Wildman–Crippen MR) is 118 cm³/mol. The van der Waals surface area contributed by atoms with Gasteiger partial charge in [-0.05, 0) is 74.2 Å². The molecule has 1 aromatic heterocycles. The molecule has 1 N–H and O–H groups in total. The van der Waals surface area contributed by atoms with Gasteiger partial charge >= 0.3 is 0 Å². The highest BCUT2D eigenvalue weighted by molar-refractivity contribution is 5.56. The van der Waals surface area contributed by atoms with Crippen molar-refractivity contribution >= 4 is 0 Å². The first-order valence-corrected chi connectivity index (χ1v) is 10.7. The van der Waals surface area contributed by atoms with Crippen molar-refractivity contribution in [2.24, 2.45) is 11.8 Å². The van der Waals surface area contributed by atoms with Crippen LogP contribution in [0, 0.1) is 18.8 Å². The third kappa shape index (κ3) is 4.85. The summed E-state index contributed by atoms with van der Waals surface area (Å²) in [5.41, 5.74) is 3.21. The van der Waals surface area contributed by atoms with Gasteiger partial charge in [0.05, 0.1) is 19.4 Å². The zero-order valence-corrected chi connectivity index (χ0v) is 18.0. The number of benzene rings is 2. The van der Waals surface area contributed by atoms with E-state index < -0.39 is 0 Å². The standard InChI is InChI=1S/C25H30N2O3/c1-17-15-26-16-21(17)13-19-7-9-22(10-8-19)29-12-11-24-18(2)30-25(27-24)20-5-4-6-23(14-20)28-3/h4-10,14,17,21,26H,11-13,15-16H2,1-3H3/t17-,21+/m1/s1. The van der Waals surface area contributed by atoms with Crippen molar-refractivity contribution in [3.63, 3.8) is 0 Å². The summed E-state index contributed by atoms with van der Waals surface area (Å²) < 4.78 is 17.1. The van der Waals surface area contributed by atoms with E-state index in [2.05, 4.69) is 41.5 Å². The molecule has 2 heterocycles. The summed E-state index contributed by atoms with van der Waals surface area (Å²) >= 11 is 0. The van der Waals surface area contributed by atoms with Crippen molar-refractivity contribution in [1.82, 2.24) is 10.3 Å². The molecule has 2 atom stereocenters. The van der Waals surface area contributed by atoms with Gasteiger partial charge in [-0.15, -0.1) is 0 Å². The SMILES string of the molecule is COc1cccc(-c2nc(CCOc3ccc(C[C@H]4CNC[C@H]4C)cc3)c(C)o2)c1. The Bertz CT molecular complexity index is 965. The quantitative estimate of drug-likeness (QED) is 0.589. The average molecular weight is 407 g/mol. The fraction of sp³-hybridized carbons (Fsp3) is 0.400. The van der Waals surface area contributed by atoms with Crippen molar-refractivity contribution in [1.29, 1.82) is 0 Å².